The number of aliphatic carboxylic acids is 1. The number of carboxylic acid groups (broad SMARTS) is 1. The van der Waals surface area contributed by atoms with Gasteiger partial charge < -0.3 is 15.8 Å². The van der Waals surface area contributed by atoms with E-state index in [1.54, 1.807) is 0 Å². The number of carboxylic acids is 1. The van der Waals surface area contributed by atoms with E-state index in [1.165, 1.54) is 0 Å². The first-order chi connectivity index (χ1) is 7.18. The average molecular weight is 218 g/mol. The van der Waals surface area contributed by atoms with E-state index in [4.69, 9.17) is 10.8 Å². The molecule has 2 aromatic rings. The van der Waals surface area contributed by atoms with E-state index in [2.05, 4.69) is 4.98 Å². The quantitative estimate of drug-likeness (QED) is 0.703. The second-order valence-corrected chi connectivity index (χ2v) is 3.51. The number of benzene rings is 1. The molecule has 0 unspecified atom stereocenters. The topological polar surface area (TPSA) is 110 Å². The molecule has 0 bridgehead atoms. The van der Waals surface area contributed by atoms with Crippen LogP contribution in [0.4, 0.5) is 0 Å². The monoisotopic (exact) mass is 218 g/mol. The van der Waals surface area contributed by atoms with Gasteiger partial charge in [0.15, 0.2) is 0 Å². The van der Waals surface area contributed by atoms with Gasteiger partial charge in [0.25, 0.3) is 0 Å². The summed E-state index contributed by atoms with van der Waals surface area (Å²) in [5.74, 6) is -0.972. The molecule has 1 heterocycles. The number of rotatable bonds is 3. The fourth-order valence-corrected chi connectivity index (χ4v) is 1.62. The van der Waals surface area contributed by atoms with Gasteiger partial charge in [0.05, 0.1) is 0 Å². The smallest absolute Gasteiger partial charge is 0.320 e. The number of fused-ring (bicyclic) bond motifs is 1. The van der Waals surface area contributed by atoms with Gasteiger partial charge in [-0.3, -0.25) is 4.79 Å². The molecule has 5 heteroatoms. The Balaban J connectivity index is 0.00000128. The van der Waals surface area contributed by atoms with E-state index in [9.17, 15) is 4.79 Å². The van der Waals surface area contributed by atoms with Crippen LogP contribution in [0, 0.1) is 0 Å². The molecule has 3 radical (unpaired) electrons. The zero-order valence-corrected chi connectivity index (χ0v) is 8.55. The van der Waals surface area contributed by atoms with E-state index in [1.807, 2.05) is 30.5 Å². The Hall–Kier alpha value is -1.85. The van der Waals surface area contributed by atoms with Crippen molar-refractivity contribution in [1.29, 1.82) is 0 Å². The lowest BCUT2D eigenvalue weighted by Gasteiger charge is -2.04. The van der Waals surface area contributed by atoms with Gasteiger partial charge in [-0.05, 0) is 11.6 Å². The van der Waals surface area contributed by atoms with E-state index < -0.39 is 12.0 Å². The van der Waals surface area contributed by atoms with Crippen molar-refractivity contribution >= 4 is 16.9 Å². The number of carbonyl (C=O) groups is 1. The standard InChI is InChI=1S/C11H12N2O2.N/c12-9(11(14)15)5-7-6-13-10-4-2-1-3-8(7)10;/h1-4,6,9,13H,5,12H2,(H,14,15);/t9-;/m0./s1. The van der Waals surface area contributed by atoms with Gasteiger partial charge in [0.1, 0.15) is 6.04 Å². The van der Waals surface area contributed by atoms with Gasteiger partial charge in [-0.25, -0.2) is 0 Å². The number of H-pyrrole nitrogens is 1. The second-order valence-electron chi connectivity index (χ2n) is 3.51. The minimum absolute atomic E-state index is 0. The summed E-state index contributed by atoms with van der Waals surface area (Å²) in [7, 11) is 0. The Bertz CT molecular complexity index is 493. The van der Waals surface area contributed by atoms with Gasteiger partial charge in [0.2, 0.25) is 0 Å². The summed E-state index contributed by atoms with van der Waals surface area (Å²) in [4.78, 5) is 13.7. The first kappa shape index (κ1) is 12.2. The Morgan fingerprint density at radius 2 is 2.12 bits per heavy atom. The molecule has 4 N–H and O–H groups in total. The molecular weight excluding hydrogens is 206 g/mol. The predicted molar refractivity (Wildman–Crippen MR) is 59.7 cm³/mol. The molecule has 16 heavy (non-hydrogen) atoms. The van der Waals surface area contributed by atoms with Crippen LogP contribution in [0.5, 0.6) is 0 Å². The normalized spacial score (nSPS) is 12.1. The summed E-state index contributed by atoms with van der Waals surface area (Å²) < 4.78 is 0. The molecule has 0 aliphatic carbocycles. The average Bonchev–Trinajstić information content (AvgIpc) is 2.62. The number of hydrogen-bond acceptors (Lipinski definition) is 2. The lowest BCUT2D eigenvalue weighted by Crippen LogP contribution is -2.32. The van der Waals surface area contributed by atoms with Crippen LogP contribution in [0.25, 0.3) is 10.9 Å². The van der Waals surface area contributed by atoms with Gasteiger partial charge in [0, 0.05) is 29.7 Å². The van der Waals surface area contributed by atoms with Gasteiger partial charge in [-0.2, -0.15) is 0 Å². The van der Waals surface area contributed by atoms with Crippen molar-refractivity contribution in [2.45, 2.75) is 12.5 Å². The third kappa shape index (κ3) is 2.21. The van der Waals surface area contributed by atoms with E-state index in [0.29, 0.717) is 6.42 Å². The van der Waals surface area contributed by atoms with E-state index in [0.717, 1.165) is 16.5 Å². The summed E-state index contributed by atoms with van der Waals surface area (Å²) in [5.41, 5.74) is 7.43. The third-order valence-electron chi connectivity index (χ3n) is 2.43. The van der Waals surface area contributed by atoms with Crippen LogP contribution < -0.4 is 11.9 Å². The minimum Gasteiger partial charge on any atom is -0.480 e. The molecule has 0 fully saturated rings. The Morgan fingerprint density at radius 3 is 2.81 bits per heavy atom. The van der Waals surface area contributed by atoms with Crippen LogP contribution in [0.2, 0.25) is 0 Å². The molecule has 0 aliphatic rings. The maximum atomic E-state index is 10.6. The first-order valence-corrected chi connectivity index (χ1v) is 4.72. The van der Waals surface area contributed by atoms with Crippen LogP contribution in [0.1, 0.15) is 5.56 Å². The third-order valence-corrected chi connectivity index (χ3v) is 2.43. The fraction of sp³-hybridized carbons (Fsp3) is 0.182. The molecule has 2 rings (SSSR count). The number of nitrogens with one attached hydrogen (secondary N) is 1. The van der Waals surface area contributed by atoms with Crippen molar-refractivity contribution in [3.05, 3.63) is 36.0 Å². The molecule has 83 valence electrons. The van der Waals surface area contributed by atoms with Crippen LogP contribution in [0.3, 0.4) is 0 Å². The maximum Gasteiger partial charge on any atom is 0.320 e. The Morgan fingerprint density at radius 1 is 1.44 bits per heavy atom. The largest absolute Gasteiger partial charge is 0.480 e. The maximum absolute atomic E-state index is 10.6. The van der Waals surface area contributed by atoms with E-state index in [-0.39, 0.29) is 6.15 Å². The minimum atomic E-state index is -0.972. The first-order valence-electron chi connectivity index (χ1n) is 4.72. The molecular formula is C11H12N3O2. The van der Waals surface area contributed by atoms with Crippen molar-refractivity contribution < 1.29 is 9.90 Å². The number of nitrogens with zero attached hydrogens (tertiary/aromatic N) is 1. The number of aromatic nitrogens is 1. The highest BCUT2D eigenvalue weighted by Crippen LogP contribution is 2.18. The molecule has 0 saturated heterocycles. The molecule has 0 aliphatic heterocycles. The highest BCUT2D eigenvalue weighted by molar-refractivity contribution is 5.84. The molecule has 0 amide bonds. The van der Waals surface area contributed by atoms with Crippen molar-refractivity contribution in [3.63, 3.8) is 0 Å². The van der Waals surface area contributed by atoms with Gasteiger partial charge in [-0.1, -0.05) is 18.2 Å². The number of nitrogens with two attached hydrogens (primary N) is 1. The Kier molecular flexibility index (Phi) is 3.65. The van der Waals surface area contributed by atoms with Crippen LogP contribution in [0.15, 0.2) is 30.5 Å². The number of para-hydroxylation sites is 1. The molecule has 5 nitrogen and oxygen atoms in total. The SMILES string of the molecule is N[C@@H](Cc1c[nH]c2ccccc12)C(=O)O.[N]. The van der Waals surface area contributed by atoms with Crippen molar-refractivity contribution in [2.24, 2.45) is 5.73 Å². The molecule has 1 atom stereocenters. The highest BCUT2D eigenvalue weighted by atomic mass is 16.4. The van der Waals surface area contributed by atoms with Crippen molar-refractivity contribution in [3.8, 4) is 0 Å². The number of hydrogen-bond donors (Lipinski definition) is 3. The lowest BCUT2D eigenvalue weighted by atomic mass is 10.1. The summed E-state index contributed by atoms with van der Waals surface area (Å²) >= 11 is 0. The Labute approximate surface area is 92.8 Å². The second kappa shape index (κ2) is 4.78. The fourth-order valence-electron chi connectivity index (χ4n) is 1.62. The van der Waals surface area contributed by atoms with E-state index >= 15 is 0 Å². The predicted octanol–water partition coefficient (Wildman–Crippen LogP) is 0.642. The van der Waals surface area contributed by atoms with Crippen LogP contribution in [-0.4, -0.2) is 22.1 Å². The van der Waals surface area contributed by atoms with Gasteiger partial charge >= 0.3 is 5.97 Å². The molecule has 0 spiro atoms. The lowest BCUT2D eigenvalue weighted by molar-refractivity contribution is -0.138. The summed E-state index contributed by atoms with van der Waals surface area (Å²) in [5, 5.41) is 9.75. The van der Waals surface area contributed by atoms with Crippen LogP contribution >= 0.6 is 0 Å². The summed E-state index contributed by atoms with van der Waals surface area (Å²) in [6.07, 6.45) is 2.16. The zero-order valence-electron chi connectivity index (χ0n) is 8.55. The molecule has 1 aromatic heterocycles. The zero-order chi connectivity index (χ0) is 10.8. The van der Waals surface area contributed by atoms with Crippen LogP contribution in [-0.2, 0) is 11.2 Å². The van der Waals surface area contributed by atoms with Gasteiger partial charge in [-0.15, -0.1) is 0 Å². The molecule has 1 aromatic carbocycles. The summed E-state index contributed by atoms with van der Waals surface area (Å²) in [6, 6.07) is 6.91. The molecule has 0 saturated carbocycles. The summed E-state index contributed by atoms with van der Waals surface area (Å²) in [6.45, 7) is 0. The number of aromatic amines is 1. The highest BCUT2D eigenvalue weighted by Gasteiger charge is 2.14. The van der Waals surface area contributed by atoms with Crippen molar-refractivity contribution in [2.75, 3.05) is 0 Å². The van der Waals surface area contributed by atoms with Crippen molar-refractivity contribution in [1.82, 2.24) is 11.1 Å².